The number of piperidine rings is 1. The fourth-order valence-electron chi connectivity index (χ4n) is 4.30. The molecular formula is C22H24FN5O2. The fraction of sp³-hybridized carbons (Fsp3) is 0.409. The minimum absolute atomic E-state index is 0.0724. The van der Waals surface area contributed by atoms with E-state index < -0.39 is 11.7 Å². The number of nitrogens with zero attached hydrogens (tertiary/aromatic N) is 3. The lowest BCUT2D eigenvalue weighted by molar-refractivity contribution is 0.1000. The summed E-state index contributed by atoms with van der Waals surface area (Å²) in [7, 11) is 0. The van der Waals surface area contributed by atoms with Gasteiger partial charge >= 0.3 is 5.69 Å². The van der Waals surface area contributed by atoms with Crippen molar-refractivity contribution in [3.8, 4) is 11.1 Å². The number of hydrogen-bond donors (Lipinski definition) is 2. The first-order valence-corrected chi connectivity index (χ1v) is 10.5. The molecule has 7 nitrogen and oxygen atoms in total. The number of rotatable bonds is 5. The van der Waals surface area contributed by atoms with Gasteiger partial charge in [0.25, 0.3) is 0 Å². The molecule has 3 aromatic rings. The number of halogens is 1. The topological polar surface area (TPSA) is 94.4 Å². The van der Waals surface area contributed by atoms with Crippen molar-refractivity contribution in [1.82, 2.24) is 19.5 Å². The number of primary amides is 1. The van der Waals surface area contributed by atoms with Crippen molar-refractivity contribution in [2.24, 2.45) is 11.7 Å². The van der Waals surface area contributed by atoms with E-state index in [1.165, 1.54) is 10.5 Å². The van der Waals surface area contributed by atoms with Crippen molar-refractivity contribution in [3.63, 3.8) is 0 Å². The predicted molar refractivity (Wildman–Crippen MR) is 111 cm³/mol. The Kier molecular flexibility index (Phi) is 4.66. The summed E-state index contributed by atoms with van der Waals surface area (Å²) in [5.41, 5.74) is 7.86. The zero-order chi connectivity index (χ0) is 20.8. The van der Waals surface area contributed by atoms with Crippen LogP contribution in [0.3, 0.4) is 0 Å². The molecule has 0 radical (unpaired) electrons. The van der Waals surface area contributed by atoms with Crippen LogP contribution >= 0.6 is 0 Å². The van der Waals surface area contributed by atoms with Gasteiger partial charge in [-0.3, -0.25) is 9.20 Å². The molecule has 30 heavy (non-hydrogen) atoms. The summed E-state index contributed by atoms with van der Waals surface area (Å²) >= 11 is 0. The first kappa shape index (κ1) is 19.0. The molecule has 0 unspecified atom stereocenters. The second-order valence-corrected chi connectivity index (χ2v) is 8.35. The highest BCUT2D eigenvalue weighted by atomic mass is 19.1. The Balaban J connectivity index is 1.62. The van der Waals surface area contributed by atoms with Crippen molar-refractivity contribution in [2.75, 3.05) is 13.1 Å². The minimum atomic E-state index is -0.666. The van der Waals surface area contributed by atoms with Crippen LogP contribution in [-0.4, -0.2) is 33.2 Å². The zero-order valence-corrected chi connectivity index (χ0v) is 16.6. The van der Waals surface area contributed by atoms with Crippen LogP contribution in [0, 0.1) is 11.7 Å². The molecule has 1 saturated carbocycles. The molecule has 3 N–H and O–H groups in total. The van der Waals surface area contributed by atoms with Crippen molar-refractivity contribution in [2.45, 2.75) is 38.1 Å². The van der Waals surface area contributed by atoms with Crippen LogP contribution in [0.1, 0.15) is 47.6 Å². The monoisotopic (exact) mass is 409 g/mol. The molecular weight excluding hydrogens is 385 g/mol. The molecule has 0 bridgehead atoms. The zero-order valence-electron chi connectivity index (χ0n) is 16.6. The number of benzene rings is 1. The molecule has 156 valence electrons. The number of fused-ring (bicyclic) bond motifs is 1. The molecule has 1 amide bonds. The van der Waals surface area contributed by atoms with Gasteiger partial charge in [-0.2, -0.15) is 0 Å². The number of pyridine rings is 1. The highest BCUT2D eigenvalue weighted by Crippen LogP contribution is 2.37. The van der Waals surface area contributed by atoms with Crippen molar-refractivity contribution < 1.29 is 9.18 Å². The summed E-state index contributed by atoms with van der Waals surface area (Å²) in [5.74, 6) is -0.602. The third-order valence-corrected chi connectivity index (χ3v) is 6.18. The molecule has 5 rings (SSSR count). The Morgan fingerprint density at radius 1 is 1.20 bits per heavy atom. The normalized spacial score (nSPS) is 17.5. The van der Waals surface area contributed by atoms with Gasteiger partial charge in [0.05, 0.1) is 6.04 Å². The maximum Gasteiger partial charge on any atom is 0.350 e. The molecule has 1 aromatic carbocycles. The fourth-order valence-corrected chi connectivity index (χ4v) is 4.30. The van der Waals surface area contributed by atoms with Gasteiger partial charge < -0.3 is 11.1 Å². The average Bonchev–Trinajstić information content (AvgIpc) is 3.51. The van der Waals surface area contributed by atoms with E-state index in [9.17, 15) is 14.0 Å². The molecule has 0 atom stereocenters. The van der Waals surface area contributed by atoms with Crippen molar-refractivity contribution in [3.05, 3.63) is 57.9 Å². The number of nitrogens with two attached hydrogens (primary N) is 1. The molecule has 8 heteroatoms. The summed E-state index contributed by atoms with van der Waals surface area (Å²) in [4.78, 5) is 24.5. The molecule has 3 heterocycles. The van der Waals surface area contributed by atoms with Crippen LogP contribution < -0.4 is 16.7 Å². The Labute approximate surface area is 172 Å². The van der Waals surface area contributed by atoms with Crippen LogP contribution in [-0.2, 0) is 6.42 Å². The number of aromatic nitrogens is 3. The lowest BCUT2D eigenvalue weighted by Gasteiger charge is -2.21. The second-order valence-electron chi connectivity index (χ2n) is 8.35. The van der Waals surface area contributed by atoms with Gasteiger partial charge in [0.15, 0.2) is 5.65 Å². The highest BCUT2D eigenvalue weighted by molar-refractivity contribution is 5.94. The van der Waals surface area contributed by atoms with Gasteiger partial charge in [-0.25, -0.2) is 13.9 Å². The third kappa shape index (κ3) is 3.41. The largest absolute Gasteiger partial charge is 0.366 e. The van der Waals surface area contributed by atoms with Gasteiger partial charge in [-0.15, -0.1) is 5.10 Å². The van der Waals surface area contributed by atoms with Crippen LogP contribution in [0.4, 0.5) is 4.39 Å². The molecule has 2 fully saturated rings. The minimum Gasteiger partial charge on any atom is -0.366 e. The Morgan fingerprint density at radius 3 is 2.67 bits per heavy atom. The van der Waals surface area contributed by atoms with E-state index in [0.717, 1.165) is 44.3 Å². The first-order valence-electron chi connectivity index (χ1n) is 10.5. The summed E-state index contributed by atoms with van der Waals surface area (Å²) in [6, 6.07) is 6.51. The quantitative estimate of drug-likeness (QED) is 0.676. The first-order chi connectivity index (χ1) is 14.5. The van der Waals surface area contributed by atoms with Gasteiger partial charge in [0, 0.05) is 11.8 Å². The number of hydrogen-bond acceptors (Lipinski definition) is 4. The Bertz CT molecular complexity index is 1190. The summed E-state index contributed by atoms with van der Waals surface area (Å²) in [6.07, 6.45) is 6.19. The van der Waals surface area contributed by atoms with Crippen molar-refractivity contribution >= 4 is 11.6 Å². The van der Waals surface area contributed by atoms with E-state index in [4.69, 9.17) is 5.73 Å². The van der Waals surface area contributed by atoms with Crippen LogP contribution in [0.15, 0.2) is 35.3 Å². The number of amides is 1. The number of nitrogens with one attached hydrogen (secondary N) is 1. The summed E-state index contributed by atoms with van der Waals surface area (Å²) in [5, 5.41) is 7.85. The maximum absolute atomic E-state index is 14.9. The molecule has 2 aromatic heterocycles. The van der Waals surface area contributed by atoms with Gasteiger partial charge in [-0.1, -0.05) is 0 Å². The lowest BCUT2D eigenvalue weighted by atomic mass is 9.93. The molecule has 2 aliphatic rings. The molecule has 1 aliphatic carbocycles. The SMILES string of the molecule is NC(=O)c1cc(F)c(CC2CC2)c(-c2ccn3c(=O)n(C4CCNCC4)nc3c2)c1. The molecule has 1 saturated heterocycles. The number of carbonyl (C=O) groups is 1. The van der Waals surface area contributed by atoms with E-state index in [1.54, 1.807) is 29.1 Å². The molecule has 0 spiro atoms. The summed E-state index contributed by atoms with van der Waals surface area (Å²) < 4.78 is 18.0. The van der Waals surface area contributed by atoms with Gasteiger partial charge in [-0.05, 0) is 92.1 Å². The molecule has 1 aliphatic heterocycles. The van der Waals surface area contributed by atoms with E-state index in [0.29, 0.717) is 29.1 Å². The second kappa shape index (κ2) is 7.36. The summed E-state index contributed by atoms with van der Waals surface area (Å²) in [6.45, 7) is 1.72. The highest BCUT2D eigenvalue weighted by Gasteiger charge is 2.26. The van der Waals surface area contributed by atoms with E-state index in [1.807, 2.05) is 0 Å². The van der Waals surface area contributed by atoms with Gasteiger partial charge in [0.1, 0.15) is 5.82 Å². The van der Waals surface area contributed by atoms with Crippen molar-refractivity contribution in [1.29, 1.82) is 0 Å². The Morgan fingerprint density at radius 2 is 1.97 bits per heavy atom. The Hall–Kier alpha value is -3.00. The maximum atomic E-state index is 14.9. The standard InChI is InChI=1S/C22H24FN5O2/c23-19-11-15(21(24)29)10-17(18(19)9-13-1-2-13)14-5-8-27-20(12-14)26-28(22(27)30)16-3-6-25-7-4-16/h5,8,10-13,16,25H,1-4,6-7,9H2,(H2,24,29). The number of carbonyl (C=O) groups excluding carboxylic acids is 1. The van der Waals surface area contributed by atoms with E-state index in [2.05, 4.69) is 10.4 Å². The van der Waals surface area contributed by atoms with Crippen LogP contribution in [0.2, 0.25) is 0 Å². The average molecular weight is 409 g/mol. The van der Waals surface area contributed by atoms with Gasteiger partial charge in [0.2, 0.25) is 5.91 Å². The lowest BCUT2D eigenvalue weighted by Crippen LogP contribution is -2.34. The van der Waals surface area contributed by atoms with E-state index in [-0.39, 0.29) is 17.3 Å². The third-order valence-electron chi connectivity index (χ3n) is 6.18. The van der Waals surface area contributed by atoms with E-state index >= 15 is 0 Å². The smallest absolute Gasteiger partial charge is 0.350 e. The van der Waals surface area contributed by atoms with Crippen LogP contribution in [0.25, 0.3) is 16.8 Å². The predicted octanol–water partition coefficient (Wildman–Crippen LogP) is 2.28. The van der Waals surface area contributed by atoms with Crippen LogP contribution in [0.5, 0.6) is 0 Å².